The molecular weight excluding hydrogens is 286 g/mol. The van der Waals surface area contributed by atoms with Gasteiger partial charge in [-0.3, -0.25) is 0 Å². The van der Waals surface area contributed by atoms with E-state index in [0.29, 0.717) is 25.7 Å². The van der Waals surface area contributed by atoms with Gasteiger partial charge in [-0.1, -0.05) is 35.9 Å². The highest BCUT2D eigenvalue weighted by Gasteiger charge is 2.09. The average Bonchev–Trinajstić information content (AvgIpc) is 2.57. The maximum Gasteiger partial charge on any atom is 0.122 e. The Morgan fingerprint density at radius 2 is 1.70 bits per heavy atom. The van der Waals surface area contributed by atoms with E-state index in [9.17, 15) is 0 Å². The Bertz CT molecular complexity index is 580. The molecule has 0 bridgehead atoms. The first-order valence-electron chi connectivity index (χ1n) is 8.35. The Kier molecular flexibility index (Phi) is 6.95. The smallest absolute Gasteiger partial charge is 0.122 e. The van der Waals surface area contributed by atoms with Crippen LogP contribution in [0.2, 0.25) is 0 Å². The molecule has 1 unspecified atom stereocenters. The maximum absolute atomic E-state index is 5.93. The van der Waals surface area contributed by atoms with E-state index in [0.717, 1.165) is 24.3 Å². The molecule has 3 heteroatoms. The molecule has 0 fully saturated rings. The third-order valence-corrected chi connectivity index (χ3v) is 3.92. The van der Waals surface area contributed by atoms with Crippen LogP contribution in [0.5, 0.6) is 11.5 Å². The van der Waals surface area contributed by atoms with Gasteiger partial charge in [0, 0.05) is 6.07 Å². The fourth-order valence-corrected chi connectivity index (χ4v) is 2.60. The van der Waals surface area contributed by atoms with Gasteiger partial charge in [0.2, 0.25) is 0 Å². The van der Waals surface area contributed by atoms with Crippen LogP contribution in [0, 0.1) is 6.92 Å². The molecule has 124 valence electrons. The summed E-state index contributed by atoms with van der Waals surface area (Å²) in [4.78, 5) is 0. The average molecular weight is 313 g/mol. The lowest BCUT2D eigenvalue weighted by atomic mass is 9.94. The van der Waals surface area contributed by atoms with Gasteiger partial charge in [0.25, 0.3) is 0 Å². The molecule has 0 amide bonds. The highest BCUT2D eigenvalue weighted by molar-refractivity contribution is 5.32. The van der Waals surface area contributed by atoms with Crippen LogP contribution in [0.25, 0.3) is 0 Å². The van der Waals surface area contributed by atoms with Crippen molar-refractivity contribution in [3.05, 3.63) is 59.7 Å². The highest BCUT2D eigenvalue weighted by Crippen LogP contribution is 2.22. The Balaban J connectivity index is 1.79. The van der Waals surface area contributed by atoms with Crippen molar-refractivity contribution in [3.8, 4) is 11.5 Å². The molecule has 0 aliphatic carbocycles. The number of rotatable bonds is 9. The second-order valence-corrected chi connectivity index (χ2v) is 5.74. The predicted molar refractivity (Wildman–Crippen MR) is 95.3 cm³/mol. The second kappa shape index (κ2) is 9.21. The van der Waals surface area contributed by atoms with Crippen molar-refractivity contribution in [1.29, 1.82) is 0 Å². The molecule has 3 nitrogen and oxygen atoms in total. The van der Waals surface area contributed by atoms with Gasteiger partial charge >= 0.3 is 0 Å². The maximum atomic E-state index is 5.93. The van der Waals surface area contributed by atoms with Gasteiger partial charge in [0.15, 0.2) is 0 Å². The van der Waals surface area contributed by atoms with Crippen LogP contribution in [0.4, 0.5) is 0 Å². The lowest BCUT2D eigenvalue weighted by Crippen LogP contribution is -2.13. The first kappa shape index (κ1) is 17.4. The van der Waals surface area contributed by atoms with Crippen LogP contribution in [-0.2, 0) is 0 Å². The van der Waals surface area contributed by atoms with E-state index >= 15 is 0 Å². The first-order chi connectivity index (χ1) is 11.2. The summed E-state index contributed by atoms with van der Waals surface area (Å²) in [5.74, 6) is 2.11. The van der Waals surface area contributed by atoms with E-state index < -0.39 is 0 Å². The Morgan fingerprint density at radius 3 is 2.35 bits per heavy atom. The summed E-state index contributed by atoms with van der Waals surface area (Å²) >= 11 is 0. The zero-order valence-corrected chi connectivity index (χ0v) is 14.1. The molecule has 2 aromatic carbocycles. The Labute approximate surface area is 139 Å². The number of hydrogen-bond donors (Lipinski definition) is 1. The molecule has 0 aliphatic rings. The minimum Gasteiger partial charge on any atom is -0.494 e. The van der Waals surface area contributed by atoms with E-state index in [1.807, 2.05) is 31.2 Å². The molecule has 0 radical (unpaired) electrons. The number of aryl methyl sites for hydroxylation is 1. The molecule has 0 saturated heterocycles. The summed E-state index contributed by atoms with van der Waals surface area (Å²) in [6.45, 7) is 6.11. The lowest BCUT2D eigenvalue weighted by molar-refractivity contribution is 0.296. The van der Waals surface area contributed by atoms with Crippen molar-refractivity contribution in [2.45, 2.75) is 32.6 Å². The normalized spacial score (nSPS) is 12.0. The largest absolute Gasteiger partial charge is 0.494 e. The van der Waals surface area contributed by atoms with Gasteiger partial charge < -0.3 is 15.2 Å². The van der Waals surface area contributed by atoms with Crippen molar-refractivity contribution in [2.75, 3.05) is 19.8 Å². The van der Waals surface area contributed by atoms with E-state index in [4.69, 9.17) is 15.2 Å². The third kappa shape index (κ3) is 5.61. The van der Waals surface area contributed by atoms with Gasteiger partial charge in [0.05, 0.1) is 13.2 Å². The molecule has 0 aliphatic heterocycles. The van der Waals surface area contributed by atoms with Gasteiger partial charge in [-0.15, -0.1) is 0 Å². The molecule has 2 rings (SSSR count). The molecule has 23 heavy (non-hydrogen) atoms. The number of hydrogen-bond acceptors (Lipinski definition) is 3. The van der Waals surface area contributed by atoms with Gasteiger partial charge in [0.1, 0.15) is 11.5 Å². The number of benzene rings is 2. The monoisotopic (exact) mass is 313 g/mol. The molecule has 0 aromatic heterocycles. The zero-order chi connectivity index (χ0) is 16.5. The molecule has 2 N–H and O–H groups in total. The van der Waals surface area contributed by atoms with Gasteiger partial charge in [-0.2, -0.15) is 0 Å². The van der Waals surface area contributed by atoms with Crippen molar-refractivity contribution >= 4 is 0 Å². The first-order valence-corrected chi connectivity index (χ1v) is 8.35. The van der Waals surface area contributed by atoms with Crippen LogP contribution in [0.3, 0.4) is 0 Å². The van der Waals surface area contributed by atoms with E-state index in [-0.39, 0.29) is 0 Å². The van der Waals surface area contributed by atoms with Crippen LogP contribution in [0.1, 0.15) is 36.8 Å². The number of ether oxygens (including phenoxy) is 2. The van der Waals surface area contributed by atoms with Gasteiger partial charge in [-0.25, -0.2) is 0 Å². The summed E-state index contributed by atoms with van der Waals surface area (Å²) in [5.41, 5.74) is 8.53. The fraction of sp³-hybridized carbons (Fsp3) is 0.400. The minimum atomic E-state index is 0.397. The quantitative estimate of drug-likeness (QED) is 0.702. The molecule has 0 heterocycles. The minimum absolute atomic E-state index is 0.397. The van der Waals surface area contributed by atoms with Crippen molar-refractivity contribution in [1.82, 2.24) is 0 Å². The molecule has 0 spiro atoms. The van der Waals surface area contributed by atoms with Crippen LogP contribution in [0.15, 0.2) is 48.5 Å². The second-order valence-electron chi connectivity index (χ2n) is 5.74. The summed E-state index contributed by atoms with van der Waals surface area (Å²) in [5, 5.41) is 0. The third-order valence-electron chi connectivity index (χ3n) is 3.92. The molecule has 2 aromatic rings. The van der Waals surface area contributed by atoms with E-state index in [1.54, 1.807) is 0 Å². The van der Waals surface area contributed by atoms with Crippen LogP contribution in [-0.4, -0.2) is 19.8 Å². The zero-order valence-electron chi connectivity index (χ0n) is 14.1. The standard InChI is InChI=1S/C20H27NO2/c1-3-22-19-7-4-8-20(14-19)23-13-5-6-18(15-21)17-11-9-16(2)10-12-17/h4,7-12,14,18H,3,5-6,13,15,21H2,1-2H3. The van der Waals surface area contributed by atoms with Crippen LogP contribution >= 0.6 is 0 Å². The van der Waals surface area contributed by atoms with Crippen LogP contribution < -0.4 is 15.2 Å². The SMILES string of the molecule is CCOc1cccc(OCCCC(CN)c2ccc(C)cc2)c1. The predicted octanol–water partition coefficient (Wildman–Crippen LogP) is 4.30. The summed E-state index contributed by atoms with van der Waals surface area (Å²) < 4.78 is 11.3. The summed E-state index contributed by atoms with van der Waals surface area (Å²) in [6.07, 6.45) is 2.01. The van der Waals surface area contributed by atoms with Gasteiger partial charge in [-0.05, 0) is 56.8 Å². The lowest BCUT2D eigenvalue weighted by Gasteiger charge is -2.16. The molecule has 0 saturated carbocycles. The highest BCUT2D eigenvalue weighted by atomic mass is 16.5. The van der Waals surface area contributed by atoms with E-state index in [1.165, 1.54) is 11.1 Å². The Morgan fingerprint density at radius 1 is 1.00 bits per heavy atom. The van der Waals surface area contributed by atoms with Crippen molar-refractivity contribution in [2.24, 2.45) is 5.73 Å². The van der Waals surface area contributed by atoms with Crippen molar-refractivity contribution in [3.63, 3.8) is 0 Å². The Hall–Kier alpha value is -2.00. The molecule has 1 atom stereocenters. The molecular formula is C20H27NO2. The van der Waals surface area contributed by atoms with E-state index in [2.05, 4.69) is 31.2 Å². The topological polar surface area (TPSA) is 44.5 Å². The number of nitrogens with two attached hydrogens (primary N) is 1. The fourth-order valence-electron chi connectivity index (χ4n) is 2.60. The summed E-state index contributed by atoms with van der Waals surface area (Å²) in [6, 6.07) is 16.4. The summed E-state index contributed by atoms with van der Waals surface area (Å²) in [7, 11) is 0. The van der Waals surface area contributed by atoms with Crippen molar-refractivity contribution < 1.29 is 9.47 Å².